The first-order valence-corrected chi connectivity index (χ1v) is 10.7. The van der Waals surface area contributed by atoms with Crippen LogP contribution in [0, 0.1) is 5.82 Å². The molecular formula is C24H27FN2O5. The zero-order valence-electron chi connectivity index (χ0n) is 18.3. The van der Waals surface area contributed by atoms with Crippen LogP contribution in [0.4, 0.5) is 4.39 Å². The number of aldehydes is 1. The number of fused-ring (bicyclic) bond motifs is 1. The Morgan fingerprint density at radius 2 is 2.00 bits per heavy atom. The molecule has 2 heterocycles. The Balaban J connectivity index is 1.36. The molecule has 3 aromatic rings. The third-order valence-corrected chi connectivity index (χ3v) is 5.91. The highest BCUT2D eigenvalue weighted by molar-refractivity contribution is 5.79. The van der Waals surface area contributed by atoms with Crippen LogP contribution >= 0.6 is 0 Å². The number of hydrogen-bond donors (Lipinski definition) is 0. The van der Waals surface area contributed by atoms with Crippen LogP contribution in [0.1, 0.15) is 30.0 Å². The summed E-state index contributed by atoms with van der Waals surface area (Å²) >= 11 is 0. The second kappa shape index (κ2) is 10.1. The molecule has 1 aliphatic rings. The molecule has 0 aliphatic carbocycles. The monoisotopic (exact) mass is 442 g/mol. The van der Waals surface area contributed by atoms with Crippen molar-refractivity contribution in [2.75, 3.05) is 33.9 Å². The zero-order valence-corrected chi connectivity index (χ0v) is 18.3. The first kappa shape index (κ1) is 22.2. The first-order chi connectivity index (χ1) is 15.6. The highest BCUT2D eigenvalue weighted by atomic mass is 19.1. The van der Waals surface area contributed by atoms with Gasteiger partial charge >= 0.3 is 0 Å². The highest BCUT2D eigenvalue weighted by Crippen LogP contribution is 2.33. The minimum atomic E-state index is -0.465. The first-order valence-electron chi connectivity index (χ1n) is 10.7. The number of nitrogens with zero attached hydrogens (tertiary/aromatic N) is 2. The van der Waals surface area contributed by atoms with E-state index >= 15 is 0 Å². The fraction of sp³-hybridized carbons (Fsp3) is 0.417. The van der Waals surface area contributed by atoms with Crippen molar-refractivity contribution in [3.8, 4) is 11.5 Å². The SMILES string of the molecule is COc1cc(CC=O)ccc1OC(CN1CCC(c2noc3cc(F)ccc23)CC1)OC. The van der Waals surface area contributed by atoms with Crippen LogP contribution in [0.3, 0.4) is 0 Å². The average Bonchev–Trinajstić information content (AvgIpc) is 3.23. The quantitative estimate of drug-likeness (QED) is 0.367. The van der Waals surface area contributed by atoms with Gasteiger partial charge in [-0.25, -0.2) is 4.39 Å². The van der Waals surface area contributed by atoms with Crippen LogP contribution in [0.2, 0.25) is 0 Å². The van der Waals surface area contributed by atoms with E-state index in [0.29, 0.717) is 30.0 Å². The number of halogens is 1. The summed E-state index contributed by atoms with van der Waals surface area (Å²) in [5.74, 6) is 1.09. The molecule has 1 saturated heterocycles. The number of ether oxygens (including phenoxy) is 3. The molecule has 8 heteroatoms. The Hall–Kier alpha value is -2.97. The maximum Gasteiger partial charge on any atom is 0.212 e. The molecule has 1 fully saturated rings. The van der Waals surface area contributed by atoms with Gasteiger partial charge in [0.25, 0.3) is 0 Å². The summed E-state index contributed by atoms with van der Waals surface area (Å²) in [6, 6.07) is 10.0. The molecule has 170 valence electrons. The van der Waals surface area contributed by atoms with Gasteiger partial charge in [0.1, 0.15) is 12.1 Å². The van der Waals surface area contributed by atoms with Crippen LogP contribution in [-0.4, -0.2) is 56.5 Å². The maximum absolute atomic E-state index is 13.4. The topological polar surface area (TPSA) is 74.0 Å². The lowest BCUT2D eigenvalue weighted by molar-refractivity contribution is -0.107. The third kappa shape index (κ3) is 4.92. The lowest BCUT2D eigenvalue weighted by Crippen LogP contribution is -2.41. The molecule has 0 spiro atoms. The van der Waals surface area contributed by atoms with Crippen molar-refractivity contribution in [1.82, 2.24) is 10.1 Å². The molecule has 1 unspecified atom stereocenters. The molecule has 0 saturated carbocycles. The number of rotatable bonds is 9. The fourth-order valence-electron chi connectivity index (χ4n) is 4.16. The van der Waals surface area contributed by atoms with Gasteiger partial charge in [-0.05, 0) is 55.8 Å². The number of piperidine rings is 1. The Morgan fingerprint density at radius 3 is 2.72 bits per heavy atom. The average molecular weight is 442 g/mol. The van der Waals surface area contributed by atoms with Gasteiger partial charge in [0.15, 0.2) is 17.1 Å². The van der Waals surface area contributed by atoms with Crippen molar-refractivity contribution >= 4 is 17.3 Å². The summed E-state index contributed by atoms with van der Waals surface area (Å²) in [7, 11) is 3.19. The molecule has 7 nitrogen and oxygen atoms in total. The summed E-state index contributed by atoms with van der Waals surface area (Å²) in [6.45, 7) is 2.32. The largest absolute Gasteiger partial charge is 0.493 e. The van der Waals surface area contributed by atoms with E-state index < -0.39 is 6.29 Å². The van der Waals surface area contributed by atoms with Crippen molar-refractivity contribution in [2.24, 2.45) is 0 Å². The molecule has 0 amide bonds. The van der Waals surface area contributed by atoms with Crippen LogP contribution in [0.5, 0.6) is 11.5 Å². The van der Waals surface area contributed by atoms with Gasteiger partial charge in [0.05, 0.1) is 19.3 Å². The zero-order chi connectivity index (χ0) is 22.5. The second-order valence-corrected chi connectivity index (χ2v) is 7.92. The van der Waals surface area contributed by atoms with Crippen LogP contribution < -0.4 is 9.47 Å². The molecule has 0 N–H and O–H groups in total. The second-order valence-electron chi connectivity index (χ2n) is 7.92. The molecule has 4 rings (SSSR count). The predicted octanol–water partition coefficient (Wildman–Crippen LogP) is 3.95. The fourth-order valence-corrected chi connectivity index (χ4v) is 4.16. The maximum atomic E-state index is 13.4. The van der Waals surface area contributed by atoms with E-state index in [1.54, 1.807) is 32.4 Å². The normalized spacial score (nSPS) is 16.2. The summed E-state index contributed by atoms with van der Waals surface area (Å²) in [4.78, 5) is 13.1. The van der Waals surface area contributed by atoms with Crippen molar-refractivity contribution in [3.63, 3.8) is 0 Å². The van der Waals surface area contributed by atoms with Crippen LogP contribution in [0.15, 0.2) is 40.9 Å². The van der Waals surface area contributed by atoms with E-state index in [1.165, 1.54) is 12.1 Å². The van der Waals surface area contributed by atoms with E-state index in [1.807, 2.05) is 6.07 Å². The summed E-state index contributed by atoms with van der Waals surface area (Å²) < 4.78 is 35.8. The Kier molecular flexibility index (Phi) is 7.02. The van der Waals surface area contributed by atoms with Crippen molar-refractivity contribution < 1.29 is 27.9 Å². The number of carbonyl (C=O) groups excluding carboxylic acids is 1. The molecular weight excluding hydrogens is 415 g/mol. The van der Waals surface area contributed by atoms with E-state index in [4.69, 9.17) is 18.7 Å². The van der Waals surface area contributed by atoms with Crippen molar-refractivity contribution in [3.05, 3.63) is 53.5 Å². The molecule has 0 radical (unpaired) electrons. The summed E-state index contributed by atoms with van der Waals surface area (Å²) in [5.41, 5.74) is 2.26. The number of hydrogen-bond acceptors (Lipinski definition) is 7. The smallest absolute Gasteiger partial charge is 0.212 e. The van der Waals surface area contributed by atoms with E-state index in [9.17, 15) is 9.18 Å². The molecule has 0 bridgehead atoms. The van der Waals surface area contributed by atoms with Crippen LogP contribution in [0.25, 0.3) is 11.0 Å². The number of aromatic nitrogens is 1. The van der Waals surface area contributed by atoms with Gasteiger partial charge in [-0.15, -0.1) is 0 Å². The lowest BCUT2D eigenvalue weighted by Gasteiger charge is -2.33. The summed E-state index contributed by atoms with van der Waals surface area (Å²) in [6.07, 6.45) is 2.55. The predicted molar refractivity (Wildman–Crippen MR) is 117 cm³/mol. The number of likely N-dealkylation sites (tertiary alicyclic amines) is 1. The summed E-state index contributed by atoms with van der Waals surface area (Å²) in [5, 5.41) is 5.09. The highest BCUT2D eigenvalue weighted by Gasteiger charge is 2.27. The van der Waals surface area contributed by atoms with E-state index in [0.717, 1.165) is 48.9 Å². The van der Waals surface area contributed by atoms with Gasteiger partial charge in [-0.2, -0.15) is 0 Å². The molecule has 2 aromatic carbocycles. The van der Waals surface area contributed by atoms with E-state index in [-0.39, 0.29) is 11.7 Å². The third-order valence-electron chi connectivity index (χ3n) is 5.91. The Labute approximate surface area is 186 Å². The molecule has 32 heavy (non-hydrogen) atoms. The van der Waals surface area contributed by atoms with Crippen molar-refractivity contribution in [1.29, 1.82) is 0 Å². The van der Waals surface area contributed by atoms with Gasteiger partial charge in [-0.3, -0.25) is 4.90 Å². The minimum Gasteiger partial charge on any atom is -0.493 e. The van der Waals surface area contributed by atoms with Gasteiger partial charge in [0.2, 0.25) is 6.29 Å². The van der Waals surface area contributed by atoms with Gasteiger partial charge in [-0.1, -0.05) is 11.2 Å². The Morgan fingerprint density at radius 1 is 1.19 bits per heavy atom. The lowest BCUT2D eigenvalue weighted by atomic mass is 9.91. The van der Waals surface area contributed by atoms with E-state index in [2.05, 4.69) is 10.1 Å². The Bertz CT molecular complexity index is 1060. The molecule has 1 atom stereocenters. The standard InChI is InChI=1S/C24H27FN2O5/c1-29-22-13-16(9-12-28)3-6-20(22)31-23(30-2)15-27-10-7-17(8-11-27)24-19-5-4-18(25)14-21(19)32-26-24/h3-6,12-14,17,23H,7-11,15H2,1-2H3. The number of methoxy groups -OCH3 is 2. The van der Waals surface area contributed by atoms with Gasteiger partial charge in [0, 0.05) is 30.9 Å². The van der Waals surface area contributed by atoms with Gasteiger partial charge < -0.3 is 23.5 Å². The minimum absolute atomic E-state index is 0.269. The number of carbonyl (C=O) groups is 1. The van der Waals surface area contributed by atoms with Crippen molar-refractivity contribution in [2.45, 2.75) is 31.5 Å². The number of benzene rings is 2. The van der Waals surface area contributed by atoms with Crippen LogP contribution in [-0.2, 0) is 16.0 Å². The molecule has 1 aliphatic heterocycles. The molecule has 1 aromatic heterocycles.